The Bertz CT molecular complexity index is 426. The Kier molecular flexibility index (Phi) is 4.33. The monoisotopic (exact) mass is 245 g/mol. The Hall–Kier alpha value is -1.85. The number of hydrogen-bond acceptors (Lipinski definition) is 3. The second-order valence-electron chi connectivity index (χ2n) is 4.15. The first-order valence-corrected chi connectivity index (χ1v) is 6.07. The van der Waals surface area contributed by atoms with Crippen molar-refractivity contribution in [2.24, 2.45) is 0 Å². The summed E-state index contributed by atoms with van der Waals surface area (Å²) in [5.41, 5.74) is 11.1. The summed E-state index contributed by atoms with van der Waals surface area (Å²) in [7, 11) is 1.74. The van der Waals surface area contributed by atoms with Crippen LogP contribution in [0.1, 0.15) is 12.0 Å². The van der Waals surface area contributed by atoms with E-state index in [0.29, 0.717) is 0 Å². The fourth-order valence-corrected chi connectivity index (χ4v) is 2.00. The van der Waals surface area contributed by atoms with Gasteiger partial charge in [0.25, 0.3) is 0 Å². The van der Waals surface area contributed by atoms with Crippen LogP contribution in [0, 0.1) is 5.41 Å². The number of rotatable bonds is 3. The SMILES string of the molecule is CNNC(=N)NN1CC=C(c2ccccc2)CC1. The highest BCUT2D eigenvalue weighted by Crippen LogP contribution is 2.20. The fourth-order valence-electron chi connectivity index (χ4n) is 2.00. The van der Waals surface area contributed by atoms with Crippen molar-refractivity contribution in [2.75, 3.05) is 20.1 Å². The molecule has 1 heterocycles. The molecule has 2 rings (SSSR count). The Morgan fingerprint density at radius 2 is 2.06 bits per heavy atom. The predicted octanol–water partition coefficient (Wildman–Crippen LogP) is 0.939. The molecule has 0 fully saturated rings. The first kappa shape index (κ1) is 12.6. The minimum absolute atomic E-state index is 0.258. The number of guanidine groups is 1. The topological polar surface area (TPSA) is 63.2 Å². The second-order valence-corrected chi connectivity index (χ2v) is 4.15. The van der Waals surface area contributed by atoms with Gasteiger partial charge in [0.1, 0.15) is 0 Å². The fraction of sp³-hybridized carbons (Fsp3) is 0.308. The van der Waals surface area contributed by atoms with E-state index in [-0.39, 0.29) is 5.96 Å². The van der Waals surface area contributed by atoms with Crippen molar-refractivity contribution in [1.29, 1.82) is 5.41 Å². The lowest BCUT2D eigenvalue weighted by Crippen LogP contribution is -2.51. The molecule has 0 bridgehead atoms. The summed E-state index contributed by atoms with van der Waals surface area (Å²) in [4.78, 5) is 0. The standard InChI is InChI=1S/C13H19N5/c1-15-16-13(14)17-18-9-7-12(8-10-18)11-5-3-2-4-6-11/h2-7,15H,8-10H2,1H3,(H3,14,16,17). The molecule has 0 saturated carbocycles. The quantitative estimate of drug-likeness (QED) is 0.363. The predicted molar refractivity (Wildman–Crippen MR) is 73.7 cm³/mol. The molecular weight excluding hydrogens is 226 g/mol. The van der Waals surface area contributed by atoms with Crippen molar-refractivity contribution >= 4 is 11.5 Å². The Balaban J connectivity index is 1.90. The molecule has 18 heavy (non-hydrogen) atoms. The molecule has 1 aromatic rings. The van der Waals surface area contributed by atoms with Crippen LogP contribution < -0.4 is 16.3 Å². The third kappa shape index (κ3) is 3.32. The van der Waals surface area contributed by atoms with Gasteiger partial charge in [-0.2, -0.15) is 0 Å². The van der Waals surface area contributed by atoms with Crippen LogP contribution in [0.3, 0.4) is 0 Å². The van der Waals surface area contributed by atoms with Gasteiger partial charge in [0.2, 0.25) is 5.96 Å². The van der Waals surface area contributed by atoms with Gasteiger partial charge in [0, 0.05) is 20.1 Å². The zero-order chi connectivity index (χ0) is 12.8. The normalized spacial score (nSPS) is 15.9. The average Bonchev–Trinajstić information content (AvgIpc) is 2.41. The van der Waals surface area contributed by atoms with Crippen molar-refractivity contribution in [3.63, 3.8) is 0 Å². The first-order valence-electron chi connectivity index (χ1n) is 6.07. The minimum atomic E-state index is 0.258. The van der Waals surface area contributed by atoms with Gasteiger partial charge in [-0.25, -0.2) is 10.4 Å². The lowest BCUT2D eigenvalue weighted by Gasteiger charge is -2.27. The summed E-state index contributed by atoms with van der Waals surface area (Å²) >= 11 is 0. The van der Waals surface area contributed by atoms with Gasteiger partial charge >= 0.3 is 0 Å². The van der Waals surface area contributed by atoms with Crippen molar-refractivity contribution in [3.8, 4) is 0 Å². The molecular formula is C13H19N5. The van der Waals surface area contributed by atoms with E-state index in [1.165, 1.54) is 11.1 Å². The second kappa shape index (κ2) is 6.18. The molecule has 0 atom stereocenters. The molecule has 1 aromatic carbocycles. The molecule has 0 saturated heterocycles. The highest BCUT2D eigenvalue weighted by atomic mass is 15.6. The van der Waals surface area contributed by atoms with Gasteiger partial charge in [-0.15, -0.1) is 0 Å². The van der Waals surface area contributed by atoms with E-state index < -0.39 is 0 Å². The third-order valence-corrected chi connectivity index (χ3v) is 2.87. The van der Waals surface area contributed by atoms with Crippen molar-refractivity contribution < 1.29 is 0 Å². The zero-order valence-electron chi connectivity index (χ0n) is 10.5. The molecule has 96 valence electrons. The number of benzene rings is 1. The van der Waals surface area contributed by atoms with E-state index in [0.717, 1.165) is 19.5 Å². The summed E-state index contributed by atoms with van der Waals surface area (Å²) in [6.07, 6.45) is 3.20. The van der Waals surface area contributed by atoms with E-state index in [4.69, 9.17) is 5.41 Å². The number of hydrazine groups is 2. The average molecular weight is 245 g/mol. The molecule has 0 aromatic heterocycles. The molecule has 0 amide bonds. The minimum Gasteiger partial charge on any atom is -0.291 e. The molecule has 0 spiro atoms. The van der Waals surface area contributed by atoms with Gasteiger partial charge in [-0.1, -0.05) is 36.4 Å². The maximum atomic E-state index is 7.59. The molecule has 1 aliphatic rings. The van der Waals surface area contributed by atoms with Gasteiger partial charge in [0.05, 0.1) is 0 Å². The maximum absolute atomic E-state index is 7.59. The van der Waals surface area contributed by atoms with Crippen LogP contribution in [-0.2, 0) is 0 Å². The summed E-state index contributed by atoms with van der Waals surface area (Å²) < 4.78 is 0. The van der Waals surface area contributed by atoms with Gasteiger partial charge in [-0.3, -0.25) is 16.3 Å². The van der Waals surface area contributed by atoms with Crippen LogP contribution in [-0.4, -0.2) is 31.1 Å². The summed E-state index contributed by atoms with van der Waals surface area (Å²) in [6, 6.07) is 10.4. The van der Waals surface area contributed by atoms with E-state index in [2.05, 4.69) is 46.6 Å². The van der Waals surface area contributed by atoms with Gasteiger partial charge in [0.15, 0.2) is 0 Å². The van der Waals surface area contributed by atoms with Gasteiger partial charge < -0.3 is 0 Å². The highest BCUT2D eigenvalue weighted by molar-refractivity contribution is 5.75. The Morgan fingerprint density at radius 3 is 2.67 bits per heavy atom. The lowest BCUT2D eigenvalue weighted by molar-refractivity contribution is 0.255. The molecule has 0 aliphatic carbocycles. The number of nitrogens with one attached hydrogen (secondary N) is 4. The molecule has 1 aliphatic heterocycles. The van der Waals surface area contributed by atoms with E-state index in [9.17, 15) is 0 Å². The number of nitrogens with zero attached hydrogens (tertiary/aromatic N) is 1. The van der Waals surface area contributed by atoms with Crippen LogP contribution in [0.15, 0.2) is 36.4 Å². The van der Waals surface area contributed by atoms with E-state index in [1.54, 1.807) is 7.05 Å². The first-order chi connectivity index (χ1) is 8.79. The summed E-state index contributed by atoms with van der Waals surface area (Å²) in [6.45, 7) is 1.70. The Morgan fingerprint density at radius 1 is 1.28 bits per heavy atom. The Labute approximate surface area is 107 Å². The van der Waals surface area contributed by atoms with Crippen molar-refractivity contribution in [3.05, 3.63) is 42.0 Å². The largest absolute Gasteiger partial charge is 0.291 e. The van der Waals surface area contributed by atoms with Crippen LogP contribution in [0.25, 0.3) is 5.57 Å². The maximum Gasteiger partial charge on any atom is 0.217 e. The van der Waals surface area contributed by atoms with Gasteiger partial charge in [-0.05, 0) is 17.6 Å². The van der Waals surface area contributed by atoms with E-state index in [1.807, 2.05) is 11.1 Å². The molecule has 0 unspecified atom stereocenters. The van der Waals surface area contributed by atoms with Crippen LogP contribution in [0.5, 0.6) is 0 Å². The zero-order valence-corrected chi connectivity index (χ0v) is 10.5. The van der Waals surface area contributed by atoms with Crippen LogP contribution in [0.2, 0.25) is 0 Å². The van der Waals surface area contributed by atoms with E-state index >= 15 is 0 Å². The van der Waals surface area contributed by atoms with Crippen LogP contribution >= 0.6 is 0 Å². The summed E-state index contributed by atoms with van der Waals surface area (Å²) in [5, 5.41) is 9.61. The van der Waals surface area contributed by atoms with Crippen molar-refractivity contribution in [1.82, 2.24) is 21.3 Å². The molecule has 5 heteroatoms. The third-order valence-electron chi connectivity index (χ3n) is 2.87. The summed E-state index contributed by atoms with van der Waals surface area (Å²) in [5.74, 6) is 0.258. The lowest BCUT2D eigenvalue weighted by atomic mass is 10.0. The van der Waals surface area contributed by atoms with Crippen molar-refractivity contribution in [2.45, 2.75) is 6.42 Å². The van der Waals surface area contributed by atoms with Crippen LogP contribution in [0.4, 0.5) is 0 Å². The molecule has 4 N–H and O–H groups in total. The molecule has 0 radical (unpaired) electrons. The highest BCUT2D eigenvalue weighted by Gasteiger charge is 2.13. The number of hydrogen-bond donors (Lipinski definition) is 4. The smallest absolute Gasteiger partial charge is 0.217 e. The molecule has 5 nitrogen and oxygen atoms in total.